The predicted molar refractivity (Wildman–Crippen MR) is 78.3 cm³/mol. The molecule has 0 atom stereocenters. The molecule has 0 saturated heterocycles. The number of nitrogens with one attached hydrogen (secondary N) is 2. The molecule has 0 aromatic heterocycles. The van der Waals surface area contributed by atoms with Gasteiger partial charge in [0.15, 0.2) is 0 Å². The summed E-state index contributed by atoms with van der Waals surface area (Å²) in [5, 5.41) is 7.51. The summed E-state index contributed by atoms with van der Waals surface area (Å²) < 4.78 is 4.59. The maximum Gasteiger partial charge on any atom is 0.337 e. The van der Waals surface area contributed by atoms with Crippen molar-refractivity contribution in [1.29, 1.82) is 0 Å². The van der Waals surface area contributed by atoms with Crippen molar-refractivity contribution in [1.82, 2.24) is 10.9 Å². The molecule has 0 saturated carbocycles. The van der Waals surface area contributed by atoms with E-state index in [0.29, 0.717) is 16.8 Å². The molecule has 0 spiro atoms. The first-order valence-electron chi connectivity index (χ1n) is 6.43. The Kier molecular flexibility index (Phi) is 4.97. The Morgan fingerprint density at radius 2 is 2.14 bits per heavy atom. The number of hydrazone groups is 2. The van der Waals surface area contributed by atoms with Crippen LogP contribution >= 0.6 is 0 Å². The van der Waals surface area contributed by atoms with Crippen LogP contribution < -0.4 is 10.9 Å². The lowest BCUT2D eigenvalue weighted by molar-refractivity contribution is -0.119. The number of hydrogen-bond acceptors (Lipinski definition) is 6. The van der Waals surface area contributed by atoms with E-state index in [1.54, 1.807) is 24.3 Å². The average molecular weight is 302 g/mol. The van der Waals surface area contributed by atoms with Crippen molar-refractivity contribution in [2.75, 3.05) is 7.11 Å². The SMILES string of the molecule is COC(=O)c1ccc(C=NNC(=O)CC2=NNC(=O)C2)cc1. The Labute approximate surface area is 126 Å². The number of amides is 2. The third kappa shape index (κ3) is 4.23. The maximum absolute atomic E-state index is 11.6. The fraction of sp³-hybridized carbons (Fsp3) is 0.214. The predicted octanol–water partition coefficient (Wildman–Crippen LogP) is 0.189. The first kappa shape index (κ1) is 15.4. The molecule has 1 heterocycles. The number of carbonyl (C=O) groups is 3. The minimum absolute atomic E-state index is 0.0113. The van der Waals surface area contributed by atoms with Crippen LogP contribution in [-0.4, -0.2) is 36.8 Å². The van der Waals surface area contributed by atoms with Crippen LogP contribution in [0.2, 0.25) is 0 Å². The van der Waals surface area contributed by atoms with Crippen LogP contribution in [0.25, 0.3) is 0 Å². The standard InChI is InChI=1S/C14H14N4O4/c1-22-14(21)10-4-2-9(3-5-10)8-15-17-12(19)6-11-7-13(20)18-16-11/h2-5,8H,6-7H2,1H3,(H,17,19)(H,18,20). The number of ether oxygens (including phenoxy) is 1. The van der Waals surface area contributed by atoms with Crippen molar-refractivity contribution in [2.45, 2.75) is 12.8 Å². The van der Waals surface area contributed by atoms with Crippen molar-refractivity contribution in [3.05, 3.63) is 35.4 Å². The highest BCUT2D eigenvalue weighted by atomic mass is 16.5. The number of nitrogens with zero attached hydrogens (tertiary/aromatic N) is 2. The van der Waals surface area contributed by atoms with Gasteiger partial charge in [0.05, 0.1) is 37.4 Å². The van der Waals surface area contributed by atoms with Gasteiger partial charge in [-0.15, -0.1) is 0 Å². The number of carbonyl (C=O) groups excluding carboxylic acids is 3. The monoisotopic (exact) mass is 302 g/mol. The Hall–Kier alpha value is -3.03. The lowest BCUT2D eigenvalue weighted by Gasteiger charge is -2.00. The first-order valence-corrected chi connectivity index (χ1v) is 6.43. The zero-order chi connectivity index (χ0) is 15.9. The molecule has 1 aromatic rings. The van der Waals surface area contributed by atoms with Gasteiger partial charge >= 0.3 is 5.97 Å². The van der Waals surface area contributed by atoms with E-state index in [1.807, 2.05) is 0 Å². The van der Waals surface area contributed by atoms with Crippen LogP contribution in [0.4, 0.5) is 0 Å². The first-order chi connectivity index (χ1) is 10.6. The highest BCUT2D eigenvalue weighted by molar-refractivity contribution is 6.11. The summed E-state index contributed by atoms with van der Waals surface area (Å²) in [5.41, 5.74) is 6.22. The topological polar surface area (TPSA) is 109 Å². The number of rotatable bonds is 5. The van der Waals surface area contributed by atoms with Gasteiger partial charge in [-0.05, 0) is 17.7 Å². The Morgan fingerprint density at radius 1 is 1.41 bits per heavy atom. The van der Waals surface area contributed by atoms with Crippen LogP contribution in [0.1, 0.15) is 28.8 Å². The van der Waals surface area contributed by atoms with Crippen molar-refractivity contribution in [3.63, 3.8) is 0 Å². The smallest absolute Gasteiger partial charge is 0.337 e. The minimum atomic E-state index is -0.419. The molecule has 0 bridgehead atoms. The van der Waals surface area contributed by atoms with Crippen LogP contribution in [0.3, 0.4) is 0 Å². The van der Waals surface area contributed by atoms with E-state index in [-0.39, 0.29) is 24.7 Å². The Balaban J connectivity index is 1.83. The summed E-state index contributed by atoms with van der Waals surface area (Å²) in [6.07, 6.45) is 1.59. The minimum Gasteiger partial charge on any atom is -0.465 e. The van der Waals surface area contributed by atoms with Crippen molar-refractivity contribution in [2.24, 2.45) is 10.2 Å². The zero-order valence-corrected chi connectivity index (χ0v) is 11.8. The molecule has 2 rings (SSSR count). The van der Waals surface area contributed by atoms with Crippen molar-refractivity contribution in [3.8, 4) is 0 Å². The molecule has 0 aliphatic carbocycles. The molecule has 8 nitrogen and oxygen atoms in total. The molecule has 22 heavy (non-hydrogen) atoms. The normalized spacial score (nSPS) is 13.7. The molecule has 8 heteroatoms. The Morgan fingerprint density at radius 3 is 2.73 bits per heavy atom. The van der Waals surface area contributed by atoms with Gasteiger partial charge in [0.25, 0.3) is 0 Å². The number of benzene rings is 1. The number of esters is 1. The van der Waals surface area contributed by atoms with Gasteiger partial charge in [-0.1, -0.05) is 12.1 Å². The fourth-order valence-electron chi connectivity index (χ4n) is 1.73. The third-order valence-electron chi connectivity index (χ3n) is 2.80. The van der Waals surface area contributed by atoms with Gasteiger partial charge in [0.2, 0.25) is 11.8 Å². The lowest BCUT2D eigenvalue weighted by atomic mass is 10.1. The third-order valence-corrected chi connectivity index (χ3v) is 2.80. The second-order valence-electron chi connectivity index (χ2n) is 4.47. The molecule has 2 N–H and O–H groups in total. The molecule has 1 aliphatic rings. The molecule has 2 amide bonds. The van der Waals surface area contributed by atoms with E-state index in [2.05, 4.69) is 25.8 Å². The Bertz CT molecular complexity index is 649. The highest BCUT2D eigenvalue weighted by Gasteiger charge is 2.16. The summed E-state index contributed by atoms with van der Waals surface area (Å²) in [6.45, 7) is 0. The van der Waals surface area contributed by atoms with Gasteiger partial charge < -0.3 is 4.74 Å². The molecule has 1 aromatic carbocycles. The molecule has 0 radical (unpaired) electrons. The van der Waals surface area contributed by atoms with Gasteiger partial charge in [-0.25, -0.2) is 15.6 Å². The lowest BCUT2D eigenvalue weighted by Crippen LogP contribution is -2.20. The highest BCUT2D eigenvalue weighted by Crippen LogP contribution is 2.04. The molecule has 0 unspecified atom stereocenters. The number of methoxy groups -OCH3 is 1. The number of hydrogen-bond donors (Lipinski definition) is 2. The molecular weight excluding hydrogens is 288 g/mol. The van der Waals surface area contributed by atoms with Gasteiger partial charge in [0, 0.05) is 0 Å². The van der Waals surface area contributed by atoms with E-state index in [9.17, 15) is 14.4 Å². The molecule has 1 aliphatic heterocycles. The second-order valence-corrected chi connectivity index (χ2v) is 4.47. The van der Waals surface area contributed by atoms with Crippen LogP contribution in [-0.2, 0) is 14.3 Å². The van der Waals surface area contributed by atoms with E-state index in [1.165, 1.54) is 13.3 Å². The van der Waals surface area contributed by atoms with E-state index >= 15 is 0 Å². The summed E-state index contributed by atoms with van der Waals surface area (Å²) >= 11 is 0. The van der Waals surface area contributed by atoms with Gasteiger partial charge in [-0.3, -0.25) is 9.59 Å². The summed E-state index contributed by atoms with van der Waals surface area (Å²) in [7, 11) is 1.31. The summed E-state index contributed by atoms with van der Waals surface area (Å²) in [4.78, 5) is 33.7. The molecule has 0 fully saturated rings. The molecular formula is C14H14N4O4. The van der Waals surface area contributed by atoms with Crippen LogP contribution in [0, 0.1) is 0 Å². The zero-order valence-electron chi connectivity index (χ0n) is 11.8. The van der Waals surface area contributed by atoms with Crippen LogP contribution in [0.15, 0.2) is 34.5 Å². The second kappa shape index (κ2) is 7.11. The fourth-order valence-corrected chi connectivity index (χ4v) is 1.73. The van der Waals surface area contributed by atoms with Crippen molar-refractivity contribution >= 4 is 29.7 Å². The maximum atomic E-state index is 11.6. The van der Waals surface area contributed by atoms with Crippen LogP contribution in [0.5, 0.6) is 0 Å². The van der Waals surface area contributed by atoms with E-state index in [0.717, 1.165) is 0 Å². The van der Waals surface area contributed by atoms with Gasteiger partial charge in [0.1, 0.15) is 0 Å². The summed E-state index contributed by atoms with van der Waals surface area (Å²) in [6, 6.07) is 6.54. The average Bonchev–Trinajstić information content (AvgIpc) is 2.92. The largest absolute Gasteiger partial charge is 0.465 e. The van der Waals surface area contributed by atoms with E-state index in [4.69, 9.17) is 0 Å². The van der Waals surface area contributed by atoms with Crippen molar-refractivity contribution < 1.29 is 19.1 Å². The van der Waals surface area contributed by atoms with E-state index < -0.39 is 5.97 Å². The van der Waals surface area contributed by atoms with Gasteiger partial charge in [-0.2, -0.15) is 10.2 Å². The molecule has 114 valence electrons. The summed E-state index contributed by atoms with van der Waals surface area (Å²) in [5.74, 6) is -1.01. The quantitative estimate of drug-likeness (QED) is 0.459.